The number of ketones is 1. The quantitative estimate of drug-likeness (QED) is 0.530. The number of carbonyl (C=O) groups excluding carboxylic acids is 1. The molecule has 0 bridgehead atoms. The lowest BCUT2D eigenvalue weighted by Crippen LogP contribution is -2.29. The molecule has 1 aromatic carbocycles. The lowest BCUT2D eigenvalue weighted by molar-refractivity contribution is 0.101. The molecular weight excluding hydrogens is 284 g/mol. The van der Waals surface area contributed by atoms with Gasteiger partial charge in [0.2, 0.25) is 0 Å². The molecule has 0 aliphatic heterocycles. The molecule has 0 amide bonds. The number of aliphatic hydroxyl groups is 2. The third-order valence-corrected chi connectivity index (χ3v) is 3.41. The maximum absolute atomic E-state index is 11.4. The van der Waals surface area contributed by atoms with E-state index in [9.17, 15) is 4.79 Å². The van der Waals surface area contributed by atoms with Crippen molar-refractivity contribution in [3.05, 3.63) is 36.1 Å². The summed E-state index contributed by atoms with van der Waals surface area (Å²) < 4.78 is 5.43. The number of anilines is 2. The van der Waals surface area contributed by atoms with Gasteiger partial charge in [-0.05, 0) is 31.2 Å². The molecule has 6 nitrogen and oxygen atoms in total. The van der Waals surface area contributed by atoms with E-state index in [0.717, 1.165) is 5.69 Å². The van der Waals surface area contributed by atoms with Gasteiger partial charge in [-0.1, -0.05) is 0 Å². The standard InChI is InChI=1S/C16H20N2O4/c1-11(21)12-8-16(22-10-12)14-9-13(2-3-15(14)17)18(4-6-19)5-7-20/h2-3,8-10,19-20H,4-7,17H2,1H3. The Bertz CT molecular complexity index is 645. The smallest absolute Gasteiger partial charge is 0.163 e. The molecule has 0 saturated carbocycles. The summed E-state index contributed by atoms with van der Waals surface area (Å²) in [6, 6.07) is 7.03. The zero-order valence-corrected chi connectivity index (χ0v) is 12.5. The highest BCUT2D eigenvalue weighted by atomic mass is 16.3. The van der Waals surface area contributed by atoms with Crippen LogP contribution in [0.5, 0.6) is 0 Å². The van der Waals surface area contributed by atoms with E-state index in [1.807, 2.05) is 17.0 Å². The average Bonchev–Trinajstić information content (AvgIpc) is 2.97. The number of rotatable bonds is 7. The summed E-state index contributed by atoms with van der Waals surface area (Å²) in [5.41, 5.74) is 8.49. The predicted molar refractivity (Wildman–Crippen MR) is 84.9 cm³/mol. The van der Waals surface area contributed by atoms with Gasteiger partial charge in [0.05, 0.1) is 18.8 Å². The van der Waals surface area contributed by atoms with Crippen LogP contribution in [0.1, 0.15) is 17.3 Å². The van der Waals surface area contributed by atoms with E-state index in [4.69, 9.17) is 20.4 Å². The third-order valence-electron chi connectivity index (χ3n) is 3.41. The van der Waals surface area contributed by atoms with Crippen molar-refractivity contribution >= 4 is 17.2 Å². The van der Waals surface area contributed by atoms with Crippen LogP contribution >= 0.6 is 0 Å². The molecule has 0 fully saturated rings. The minimum Gasteiger partial charge on any atom is -0.464 e. The normalized spacial score (nSPS) is 10.7. The number of benzene rings is 1. The molecule has 0 unspecified atom stereocenters. The third kappa shape index (κ3) is 3.47. The fourth-order valence-electron chi connectivity index (χ4n) is 2.23. The molecule has 1 aromatic heterocycles. The van der Waals surface area contributed by atoms with Crippen LogP contribution in [0.15, 0.2) is 34.9 Å². The molecule has 22 heavy (non-hydrogen) atoms. The number of nitrogen functional groups attached to an aromatic ring is 1. The number of nitrogens with two attached hydrogens (primary N) is 1. The van der Waals surface area contributed by atoms with Gasteiger partial charge in [-0.3, -0.25) is 4.79 Å². The first-order valence-corrected chi connectivity index (χ1v) is 7.03. The molecule has 0 aliphatic rings. The van der Waals surface area contributed by atoms with Gasteiger partial charge >= 0.3 is 0 Å². The molecule has 0 spiro atoms. The zero-order valence-electron chi connectivity index (χ0n) is 12.5. The predicted octanol–water partition coefficient (Wildman–Crippen LogP) is 1.52. The topological polar surface area (TPSA) is 99.9 Å². The molecule has 6 heteroatoms. The SMILES string of the molecule is CC(=O)c1coc(-c2cc(N(CCO)CCO)ccc2N)c1. The van der Waals surface area contributed by atoms with Crippen molar-refractivity contribution in [2.24, 2.45) is 0 Å². The Morgan fingerprint density at radius 1 is 1.23 bits per heavy atom. The number of nitrogens with zero attached hydrogens (tertiary/aromatic N) is 1. The molecule has 0 saturated heterocycles. The molecule has 0 radical (unpaired) electrons. The van der Waals surface area contributed by atoms with Crippen LogP contribution in [0.25, 0.3) is 11.3 Å². The first-order valence-electron chi connectivity index (χ1n) is 7.03. The van der Waals surface area contributed by atoms with Gasteiger partial charge < -0.3 is 25.3 Å². The highest BCUT2D eigenvalue weighted by Gasteiger charge is 2.13. The summed E-state index contributed by atoms with van der Waals surface area (Å²) in [6.45, 7) is 2.24. The summed E-state index contributed by atoms with van der Waals surface area (Å²) >= 11 is 0. The van der Waals surface area contributed by atoms with E-state index in [1.54, 1.807) is 12.1 Å². The van der Waals surface area contributed by atoms with Crippen molar-refractivity contribution in [1.29, 1.82) is 0 Å². The number of hydrogen-bond acceptors (Lipinski definition) is 6. The van der Waals surface area contributed by atoms with E-state index in [2.05, 4.69) is 0 Å². The van der Waals surface area contributed by atoms with Crippen LogP contribution in [-0.2, 0) is 0 Å². The van der Waals surface area contributed by atoms with Gasteiger partial charge in [0.15, 0.2) is 5.78 Å². The Morgan fingerprint density at radius 3 is 2.45 bits per heavy atom. The molecule has 118 valence electrons. The van der Waals surface area contributed by atoms with Gasteiger partial charge in [-0.25, -0.2) is 0 Å². The molecule has 2 rings (SSSR count). The Balaban J connectivity index is 2.38. The average molecular weight is 304 g/mol. The van der Waals surface area contributed by atoms with Gasteiger partial charge in [0, 0.05) is 30.0 Å². The highest BCUT2D eigenvalue weighted by molar-refractivity contribution is 5.95. The lowest BCUT2D eigenvalue weighted by Gasteiger charge is -2.23. The van der Waals surface area contributed by atoms with Crippen LogP contribution in [0.4, 0.5) is 11.4 Å². The number of Topliss-reactive ketones (excluding diaryl/α,β-unsaturated/α-hetero) is 1. The van der Waals surface area contributed by atoms with Crippen molar-refractivity contribution in [2.75, 3.05) is 36.9 Å². The number of hydrogen-bond donors (Lipinski definition) is 3. The number of furan rings is 1. The zero-order chi connectivity index (χ0) is 16.1. The molecule has 0 atom stereocenters. The summed E-state index contributed by atoms with van der Waals surface area (Å²) in [7, 11) is 0. The van der Waals surface area contributed by atoms with Gasteiger partial charge in [0.25, 0.3) is 0 Å². The van der Waals surface area contributed by atoms with Crippen molar-refractivity contribution in [2.45, 2.75) is 6.92 Å². The van der Waals surface area contributed by atoms with E-state index in [0.29, 0.717) is 35.7 Å². The summed E-state index contributed by atoms with van der Waals surface area (Å²) in [5.74, 6) is 0.435. The van der Waals surface area contributed by atoms with Crippen LogP contribution in [0, 0.1) is 0 Å². The van der Waals surface area contributed by atoms with Crippen LogP contribution in [0.3, 0.4) is 0 Å². The van der Waals surface area contributed by atoms with Gasteiger partial charge in [0.1, 0.15) is 12.0 Å². The second-order valence-corrected chi connectivity index (χ2v) is 4.96. The second kappa shape index (κ2) is 7.11. The van der Waals surface area contributed by atoms with Crippen LogP contribution < -0.4 is 10.6 Å². The van der Waals surface area contributed by atoms with Crippen molar-refractivity contribution < 1.29 is 19.4 Å². The minimum absolute atomic E-state index is 0.0189. The summed E-state index contributed by atoms with van der Waals surface area (Å²) in [5, 5.41) is 18.3. The van der Waals surface area contributed by atoms with Crippen molar-refractivity contribution in [1.82, 2.24) is 0 Å². The first-order chi connectivity index (χ1) is 10.6. The first kappa shape index (κ1) is 16.1. The number of carbonyl (C=O) groups is 1. The summed E-state index contributed by atoms with van der Waals surface area (Å²) in [4.78, 5) is 13.2. The minimum atomic E-state index is -0.0769. The van der Waals surface area contributed by atoms with E-state index in [1.165, 1.54) is 13.2 Å². The second-order valence-electron chi connectivity index (χ2n) is 4.96. The monoisotopic (exact) mass is 304 g/mol. The van der Waals surface area contributed by atoms with Crippen LogP contribution in [0.2, 0.25) is 0 Å². The molecule has 1 heterocycles. The maximum atomic E-state index is 11.4. The van der Waals surface area contributed by atoms with E-state index < -0.39 is 0 Å². The van der Waals surface area contributed by atoms with E-state index >= 15 is 0 Å². The van der Waals surface area contributed by atoms with Gasteiger partial charge in [-0.15, -0.1) is 0 Å². The molecular formula is C16H20N2O4. The Kier molecular flexibility index (Phi) is 5.19. The fourth-order valence-corrected chi connectivity index (χ4v) is 2.23. The van der Waals surface area contributed by atoms with Crippen molar-refractivity contribution in [3.63, 3.8) is 0 Å². The summed E-state index contributed by atoms with van der Waals surface area (Å²) in [6.07, 6.45) is 1.41. The van der Waals surface area contributed by atoms with Crippen LogP contribution in [-0.4, -0.2) is 42.3 Å². The molecule has 4 N–H and O–H groups in total. The largest absolute Gasteiger partial charge is 0.464 e. The fraction of sp³-hybridized carbons (Fsp3) is 0.312. The lowest BCUT2D eigenvalue weighted by atomic mass is 10.1. The Morgan fingerprint density at radius 2 is 1.91 bits per heavy atom. The Labute approximate surface area is 128 Å². The maximum Gasteiger partial charge on any atom is 0.163 e. The van der Waals surface area contributed by atoms with E-state index in [-0.39, 0.29) is 19.0 Å². The van der Waals surface area contributed by atoms with Gasteiger partial charge in [-0.2, -0.15) is 0 Å². The number of aliphatic hydroxyl groups excluding tert-OH is 2. The molecule has 2 aromatic rings. The molecule has 0 aliphatic carbocycles. The Hall–Kier alpha value is -2.31. The highest BCUT2D eigenvalue weighted by Crippen LogP contribution is 2.31. The van der Waals surface area contributed by atoms with Crippen molar-refractivity contribution in [3.8, 4) is 11.3 Å².